The summed E-state index contributed by atoms with van der Waals surface area (Å²) < 4.78 is 3.08. The Morgan fingerprint density at radius 3 is 1.92 bits per heavy atom. The summed E-state index contributed by atoms with van der Waals surface area (Å²) in [6, 6.07) is 16.1. The van der Waals surface area contributed by atoms with Crippen LogP contribution < -0.4 is 10.6 Å². The number of benzene rings is 2. The zero-order valence-corrected chi connectivity index (χ0v) is 21.5. The number of nitrogens with one attached hydrogen (secondary N) is 2. The molecule has 0 bridgehead atoms. The van der Waals surface area contributed by atoms with Crippen molar-refractivity contribution in [1.29, 1.82) is 0 Å². The largest absolute Gasteiger partial charge is 0.394 e. The number of aliphatic hydroxyl groups is 2. The third-order valence-corrected chi connectivity index (χ3v) is 5.88. The molecule has 0 aliphatic carbocycles. The van der Waals surface area contributed by atoms with Gasteiger partial charge in [-0.05, 0) is 38.1 Å². The predicted octanol–water partition coefficient (Wildman–Crippen LogP) is 3.70. The van der Waals surface area contributed by atoms with Crippen molar-refractivity contribution in [2.24, 2.45) is 0 Å². The lowest BCUT2D eigenvalue weighted by atomic mass is 10.2. The first-order chi connectivity index (χ1) is 19.0. The minimum atomic E-state index is -0.180. The molecule has 0 spiro atoms. The summed E-state index contributed by atoms with van der Waals surface area (Å²) in [6.45, 7) is 4.36. The Bertz CT molecular complexity index is 1680. The van der Waals surface area contributed by atoms with E-state index < -0.39 is 0 Å². The van der Waals surface area contributed by atoms with Gasteiger partial charge in [0.15, 0.2) is 11.3 Å². The molecule has 0 saturated heterocycles. The predicted molar refractivity (Wildman–Crippen MR) is 149 cm³/mol. The molecule has 6 aromatic rings. The van der Waals surface area contributed by atoms with E-state index in [2.05, 4.69) is 40.8 Å². The lowest BCUT2D eigenvalue weighted by Crippen LogP contribution is -2.04. The molecular formula is C27H28N10O2. The van der Waals surface area contributed by atoms with E-state index in [0.717, 1.165) is 22.1 Å². The van der Waals surface area contributed by atoms with Crippen LogP contribution in [0.4, 0.5) is 23.0 Å². The van der Waals surface area contributed by atoms with Crippen LogP contribution in [0.2, 0.25) is 0 Å². The fraction of sp³-hybridized carbons (Fsp3) is 0.185. The van der Waals surface area contributed by atoms with Gasteiger partial charge in [0, 0.05) is 17.6 Å². The minimum Gasteiger partial charge on any atom is -0.394 e. The molecule has 0 unspecified atom stereocenters. The van der Waals surface area contributed by atoms with Gasteiger partial charge in [0.25, 0.3) is 0 Å². The molecule has 0 aliphatic rings. The first kappa shape index (κ1) is 25.7. The van der Waals surface area contributed by atoms with Crippen LogP contribution in [-0.2, 0) is 13.3 Å². The molecule has 39 heavy (non-hydrogen) atoms. The lowest BCUT2D eigenvalue weighted by Gasteiger charge is -2.06. The van der Waals surface area contributed by atoms with Gasteiger partial charge in [0.1, 0.15) is 31.0 Å². The van der Waals surface area contributed by atoms with Crippen LogP contribution in [0.25, 0.3) is 22.1 Å². The second kappa shape index (κ2) is 11.6. The second-order valence-corrected chi connectivity index (χ2v) is 8.80. The summed E-state index contributed by atoms with van der Waals surface area (Å²) >= 11 is 0. The summed E-state index contributed by atoms with van der Waals surface area (Å²) in [4.78, 5) is 16.8. The number of aliphatic hydroxyl groups excluding tert-OH is 2. The summed E-state index contributed by atoms with van der Waals surface area (Å²) in [6.07, 6.45) is 6.37. The van der Waals surface area contributed by atoms with E-state index in [1.807, 2.05) is 62.4 Å². The summed E-state index contributed by atoms with van der Waals surface area (Å²) in [5.41, 5.74) is 5.58. The molecule has 2 aromatic carbocycles. The van der Waals surface area contributed by atoms with Gasteiger partial charge in [-0.2, -0.15) is 5.10 Å². The van der Waals surface area contributed by atoms with Crippen molar-refractivity contribution in [3.63, 3.8) is 0 Å². The number of aryl methyl sites for hydroxylation is 2. The third kappa shape index (κ3) is 5.98. The number of rotatable bonds is 7. The van der Waals surface area contributed by atoms with Crippen molar-refractivity contribution < 1.29 is 10.2 Å². The van der Waals surface area contributed by atoms with Crippen LogP contribution in [0.3, 0.4) is 0 Å². The lowest BCUT2D eigenvalue weighted by molar-refractivity contribution is 0.196. The SMILES string of the molecule is Cc1ccc(Nc2ncnc3c2cnn3CCO)cc1.Cc1ccc(Nc2ncnc3nn(CO)cc23)cc1. The molecule has 4 aromatic heterocycles. The van der Waals surface area contributed by atoms with Gasteiger partial charge < -0.3 is 20.8 Å². The number of fused-ring (bicyclic) bond motifs is 2. The molecule has 0 saturated carbocycles. The molecule has 0 amide bonds. The number of hydrogen-bond acceptors (Lipinski definition) is 10. The van der Waals surface area contributed by atoms with Crippen molar-refractivity contribution >= 4 is 45.1 Å². The average molecular weight is 525 g/mol. The van der Waals surface area contributed by atoms with Crippen LogP contribution in [0.15, 0.2) is 73.6 Å². The maximum absolute atomic E-state index is 9.08. The third-order valence-electron chi connectivity index (χ3n) is 5.88. The van der Waals surface area contributed by atoms with E-state index in [0.29, 0.717) is 29.5 Å². The van der Waals surface area contributed by atoms with Crippen LogP contribution >= 0.6 is 0 Å². The zero-order valence-electron chi connectivity index (χ0n) is 21.5. The molecule has 198 valence electrons. The van der Waals surface area contributed by atoms with Gasteiger partial charge in [-0.25, -0.2) is 29.3 Å². The van der Waals surface area contributed by atoms with Gasteiger partial charge in [-0.1, -0.05) is 35.4 Å². The maximum atomic E-state index is 9.08. The normalized spacial score (nSPS) is 10.9. The fourth-order valence-corrected chi connectivity index (χ4v) is 3.85. The Kier molecular flexibility index (Phi) is 7.66. The Morgan fingerprint density at radius 1 is 0.744 bits per heavy atom. The number of anilines is 4. The molecule has 4 heterocycles. The smallest absolute Gasteiger partial charge is 0.186 e. The highest BCUT2D eigenvalue weighted by Crippen LogP contribution is 2.23. The minimum absolute atomic E-state index is 0.0293. The Balaban J connectivity index is 0.000000158. The quantitative estimate of drug-likeness (QED) is 0.243. The van der Waals surface area contributed by atoms with E-state index in [-0.39, 0.29) is 13.3 Å². The zero-order chi connectivity index (χ0) is 27.2. The van der Waals surface area contributed by atoms with E-state index in [9.17, 15) is 0 Å². The maximum Gasteiger partial charge on any atom is 0.186 e. The van der Waals surface area contributed by atoms with Crippen molar-refractivity contribution in [3.8, 4) is 0 Å². The van der Waals surface area contributed by atoms with Gasteiger partial charge in [-0.3, -0.25) is 0 Å². The van der Waals surface area contributed by atoms with Crippen LogP contribution in [-0.4, -0.2) is 56.3 Å². The average Bonchev–Trinajstić information content (AvgIpc) is 3.57. The van der Waals surface area contributed by atoms with Gasteiger partial charge in [0.2, 0.25) is 0 Å². The first-order valence-electron chi connectivity index (χ1n) is 12.3. The molecule has 0 atom stereocenters. The van der Waals surface area contributed by atoms with Crippen molar-refractivity contribution in [2.45, 2.75) is 27.1 Å². The topological polar surface area (TPSA) is 152 Å². The Hall–Kier alpha value is -4.94. The standard InChI is InChI=1S/C14H15N5O.C13H13N5O/c1-10-2-4-11(5-3-10)18-13-12-8-17-19(6-7-20)14(12)16-9-15-13;1-9-2-4-10(5-3-9)16-12-11-6-18(8-19)17-13(11)15-7-14-12/h2-5,8-9,20H,6-7H2,1H3,(H,15,16,18);2-7,19H,8H2,1H3,(H,14,15,16,17). The highest BCUT2D eigenvalue weighted by atomic mass is 16.3. The monoisotopic (exact) mass is 524 g/mol. The van der Waals surface area contributed by atoms with E-state index in [1.165, 1.54) is 28.5 Å². The molecule has 0 radical (unpaired) electrons. The van der Waals surface area contributed by atoms with Crippen LogP contribution in [0.1, 0.15) is 11.1 Å². The van der Waals surface area contributed by atoms with E-state index >= 15 is 0 Å². The number of nitrogens with zero attached hydrogens (tertiary/aromatic N) is 8. The molecule has 12 nitrogen and oxygen atoms in total. The van der Waals surface area contributed by atoms with Gasteiger partial charge in [0.05, 0.1) is 30.1 Å². The molecule has 4 N–H and O–H groups in total. The van der Waals surface area contributed by atoms with Crippen molar-refractivity contribution in [2.75, 3.05) is 17.2 Å². The second-order valence-electron chi connectivity index (χ2n) is 8.80. The van der Waals surface area contributed by atoms with Crippen molar-refractivity contribution in [1.82, 2.24) is 39.5 Å². The fourth-order valence-electron chi connectivity index (χ4n) is 3.85. The van der Waals surface area contributed by atoms with Crippen LogP contribution in [0.5, 0.6) is 0 Å². The Labute approximate surface area is 224 Å². The van der Waals surface area contributed by atoms with Crippen LogP contribution in [0, 0.1) is 13.8 Å². The molecule has 12 heteroatoms. The number of aromatic nitrogens is 8. The highest BCUT2D eigenvalue weighted by molar-refractivity contribution is 5.88. The molecule has 0 aliphatic heterocycles. The summed E-state index contributed by atoms with van der Waals surface area (Å²) in [5.74, 6) is 1.39. The van der Waals surface area contributed by atoms with Gasteiger partial charge >= 0.3 is 0 Å². The van der Waals surface area contributed by atoms with Gasteiger partial charge in [-0.15, -0.1) is 5.10 Å². The van der Waals surface area contributed by atoms with E-state index in [1.54, 1.807) is 17.1 Å². The van der Waals surface area contributed by atoms with Crippen molar-refractivity contribution in [3.05, 3.63) is 84.7 Å². The molecule has 6 rings (SSSR count). The molecule has 0 fully saturated rings. The summed E-state index contributed by atoms with van der Waals surface area (Å²) in [7, 11) is 0. The molecular weight excluding hydrogens is 496 g/mol. The Morgan fingerprint density at radius 2 is 1.33 bits per heavy atom. The number of hydrogen-bond donors (Lipinski definition) is 4. The highest BCUT2D eigenvalue weighted by Gasteiger charge is 2.10. The van der Waals surface area contributed by atoms with E-state index in [4.69, 9.17) is 10.2 Å². The summed E-state index contributed by atoms with van der Waals surface area (Å²) in [5, 5.41) is 34.5. The first-order valence-corrected chi connectivity index (χ1v) is 12.3.